The molecule has 0 aliphatic heterocycles. The van der Waals surface area contributed by atoms with E-state index < -0.39 is 0 Å². The lowest BCUT2D eigenvalue weighted by atomic mass is 10.1. The molecule has 0 saturated carbocycles. The van der Waals surface area contributed by atoms with Crippen molar-refractivity contribution in [1.82, 2.24) is 14.9 Å². The summed E-state index contributed by atoms with van der Waals surface area (Å²) < 4.78 is 13.8. The minimum absolute atomic E-state index is 0.240. The number of aromatic nitrogens is 2. The molecule has 0 amide bonds. The van der Waals surface area contributed by atoms with Crippen LogP contribution in [0.15, 0.2) is 66.9 Å². The third kappa shape index (κ3) is 5.21. The van der Waals surface area contributed by atoms with E-state index in [-0.39, 0.29) is 5.82 Å². The Kier molecular flexibility index (Phi) is 6.49. The summed E-state index contributed by atoms with van der Waals surface area (Å²) in [6.45, 7) is 3.22. The maximum atomic E-state index is 13.8. The summed E-state index contributed by atoms with van der Waals surface area (Å²) in [5, 5.41) is 5.40. The van der Waals surface area contributed by atoms with Gasteiger partial charge in [-0.3, -0.25) is 4.98 Å². The van der Waals surface area contributed by atoms with Gasteiger partial charge in [0.25, 0.3) is 0 Å². The minimum atomic E-state index is -0.240. The quantitative estimate of drug-likeness (QED) is 0.346. The average molecular weight is 453 g/mol. The molecule has 0 unspecified atom stereocenters. The first-order valence-corrected chi connectivity index (χ1v) is 10.8. The van der Waals surface area contributed by atoms with Gasteiger partial charge in [0.1, 0.15) is 5.82 Å². The van der Waals surface area contributed by atoms with Crippen molar-refractivity contribution in [1.29, 1.82) is 0 Å². The summed E-state index contributed by atoms with van der Waals surface area (Å²) in [6.07, 6.45) is 2.48. The Balaban J connectivity index is 1.56. The van der Waals surface area contributed by atoms with Crippen LogP contribution in [0.25, 0.3) is 10.9 Å². The number of aromatic amines is 1. The molecule has 0 spiro atoms. The fourth-order valence-electron chi connectivity index (χ4n) is 3.63. The van der Waals surface area contributed by atoms with E-state index in [1.165, 1.54) is 6.07 Å². The molecule has 2 heterocycles. The van der Waals surface area contributed by atoms with E-state index in [0.717, 1.165) is 33.5 Å². The summed E-state index contributed by atoms with van der Waals surface area (Å²) in [6, 6.07) is 18.1. The number of hydrogen-bond donors (Lipinski definition) is 2. The van der Waals surface area contributed by atoms with E-state index in [1.807, 2.05) is 49.4 Å². The Morgan fingerprint density at radius 2 is 2.03 bits per heavy atom. The van der Waals surface area contributed by atoms with E-state index >= 15 is 0 Å². The van der Waals surface area contributed by atoms with Crippen LogP contribution in [0.5, 0.6) is 0 Å². The zero-order valence-corrected chi connectivity index (χ0v) is 18.6. The molecule has 2 aromatic carbocycles. The molecule has 31 heavy (non-hydrogen) atoms. The molecule has 0 bridgehead atoms. The minimum Gasteiger partial charge on any atom is -0.358 e. The van der Waals surface area contributed by atoms with Crippen molar-refractivity contribution in [2.75, 3.05) is 11.9 Å². The zero-order chi connectivity index (χ0) is 21.8. The summed E-state index contributed by atoms with van der Waals surface area (Å²) in [4.78, 5) is 9.85. The highest BCUT2D eigenvalue weighted by Crippen LogP contribution is 2.24. The van der Waals surface area contributed by atoms with Crippen LogP contribution in [-0.4, -0.2) is 26.5 Å². The van der Waals surface area contributed by atoms with Crippen LogP contribution in [0, 0.1) is 12.7 Å². The molecule has 158 valence electrons. The zero-order valence-electron chi connectivity index (χ0n) is 17.0. The van der Waals surface area contributed by atoms with Gasteiger partial charge in [0.2, 0.25) is 0 Å². The highest BCUT2D eigenvalue weighted by Gasteiger charge is 2.15. The average Bonchev–Trinajstić information content (AvgIpc) is 3.06. The number of rotatable bonds is 6. The highest BCUT2D eigenvalue weighted by atomic mass is 35.5. The lowest BCUT2D eigenvalue weighted by molar-refractivity contribution is 0.417. The largest absolute Gasteiger partial charge is 0.358 e. The fraction of sp³-hybridized carbons (Fsp3) is 0.167. The number of benzene rings is 2. The van der Waals surface area contributed by atoms with Crippen molar-refractivity contribution in [2.45, 2.75) is 19.9 Å². The molecule has 0 aliphatic carbocycles. The topological polar surface area (TPSA) is 44.0 Å². The van der Waals surface area contributed by atoms with Gasteiger partial charge >= 0.3 is 0 Å². The van der Waals surface area contributed by atoms with Gasteiger partial charge in [-0.25, -0.2) is 4.39 Å². The van der Waals surface area contributed by atoms with Gasteiger partial charge in [-0.15, -0.1) is 0 Å². The first kappa shape index (κ1) is 21.3. The van der Waals surface area contributed by atoms with Gasteiger partial charge in [0.15, 0.2) is 5.11 Å². The predicted molar refractivity (Wildman–Crippen MR) is 129 cm³/mol. The van der Waals surface area contributed by atoms with Crippen LogP contribution in [0.2, 0.25) is 5.02 Å². The second-order valence-electron chi connectivity index (χ2n) is 7.35. The number of hydrogen-bond acceptors (Lipinski definition) is 2. The van der Waals surface area contributed by atoms with Crippen molar-refractivity contribution in [3.63, 3.8) is 0 Å². The number of thiocarbonyl (C=S) groups is 1. The Bertz CT molecular complexity index is 1210. The van der Waals surface area contributed by atoms with Crippen molar-refractivity contribution in [2.24, 2.45) is 0 Å². The third-order valence-electron chi connectivity index (χ3n) is 5.16. The third-order valence-corrected chi connectivity index (χ3v) is 5.75. The molecule has 2 aromatic heterocycles. The van der Waals surface area contributed by atoms with Crippen molar-refractivity contribution >= 4 is 45.5 Å². The van der Waals surface area contributed by atoms with E-state index in [1.54, 1.807) is 18.3 Å². The van der Waals surface area contributed by atoms with Crippen LogP contribution in [-0.2, 0) is 13.0 Å². The second kappa shape index (κ2) is 9.45. The standard InChI is InChI=1S/C24H22ClFN4S/c1-16-21(22-14-18(26)8-9-23(22)28-16)10-12-30(15-20-6-2-3-11-27-20)24(31)29-19-7-4-5-17(25)13-19/h2-9,11,13-14,28H,10,12,15H2,1H3,(H,29,31). The van der Waals surface area contributed by atoms with Crippen molar-refractivity contribution < 1.29 is 4.39 Å². The molecule has 4 rings (SSSR count). The smallest absolute Gasteiger partial charge is 0.173 e. The van der Waals surface area contributed by atoms with Gasteiger partial charge in [-0.05, 0) is 79.7 Å². The maximum absolute atomic E-state index is 13.8. The van der Waals surface area contributed by atoms with Crippen LogP contribution in [0.4, 0.5) is 10.1 Å². The van der Waals surface area contributed by atoms with E-state index in [2.05, 4.69) is 20.2 Å². The summed E-state index contributed by atoms with van der Waals surface area (Å²) in [5.41, 5.74) is 4.80. The molecular formula is C24H22ClFN4S. The molecule has 0 aliphatic rings. The normalized spacial score (nSPS) is 10.9. The number of H-pyrrole nitrogens is 1. The Labute approximate surface area is 191 Å². The Morgan fingerprint density at radius 3 is 2.81 bits per heavy atom. The van der Waals surface area contributed by atoms with Crippen LogP contribution < -0.4 is 5.32 Å². The van der Waals surface area contributed by atoms with E-state index in [0.29, 0.717) is 29.6 Å². The number of nitrogens with one attached hydrogen (secondary N) is 2. The highest BCUT2D eigenvalue weighted by molar-refractivity contribution is 7.80. The van der Waals surface area contributed by atoms with Gasteiger partial charge in [0.05, 0.1) is 12.2 Å². The van der Waals surface area contributed by atoms with Crippen LogP contribution >= 0.6 is 23.8 Å². The summed E-state index contributed by atoms with van der Waals surface area (Å²) in [5.74, 6) is -0.240. The second-order valence-corrected chi connectivity index (χ2v) is 8.17. The van der Waals surface area contributed by atoms with Gasteiger partial charge in [0, 0.05) is 40.0 Å². The van der Waals surface area contributed by atoms with Crippen LogP contribution in [0.3, 0.4) is 0 Å². The molecule has 0 saturated heterocycles. The predicted octanol–water partition coefficient (Wildman–Crippen LogP) is 6.11. The van der Waals surface area contributed by atoms with E-state index in [9.17, 15) is 4.39 Å². The lowest BCUT2D eigenvalue weighted by Crippen LogP contribution is -2.36. The van der Waals surface area contributed by atoms with Gasteiger partial charge in [-0.2, -0.15) is 0 Å². The molecule has 0 atom stereocenters. The number of anilines is 1. The van der Waals surface area contributed by atoms with Crippen molar-refractivity contribution in [3.05, 3.63) is 94.7 Å². The monoisotopic (exact) mass is 452 g/mol. The summed E-state index contributed by atoms with van der Waals surface area (Å²) in [7, 11) is 0. The Hall–Kier alpha value is -2.96. The number of pyridine rings is 1. The maximum Gasteiger partial charge on any atom is 0.173 e. The Morgan fingerprint density at radius 1 is 1.16 bits per heavy atom. The number of nitrogens with zero attached hydrogens (tertiary/aromatic N) is 2. The lowest BCUT2D eigenvalue weighted by Gasteiger charge is -2.26. The number of aryl methyl sites for hydroxylation is 1. The first-order valence-electron chi connectivity index (χ1n) is 9.98. The van der Waals surface area contributed by atoms with Crippen LogP contribution in [0.1, 0.15) is 17.0 Å². The molecular weight excluding hydrogens is 431 g/mol. The molecule has 0 radical (unpaired) electrons. The first-order chi connectivity index (χ1) is 15.0. The molecule has 4 nitrogen and oxygen atoms in total. The molecule has 4 aromatic rings. The van der Waals surface area contributed by atoms with Gasteiger partial charge in [-0.1, -0.05) is 23.7 Å². The number of fused-ring (bicyclic) bond motifs is 1. The molecule has 2 N–H and O–H groups in total. The van der Waals surface area contributed by atoms with E-state index in [4.69, 9.17) is 23.8 Å². The van der Waals surface area contributed by atoms with Crippen molar-refractivity contribution in [3.8, 4) is 0 Å². The molecule has 7 heteroatoms. The van der Waals surface area contributed by atoms with Gasteiger partial charge < -0.3 is 15.2 Å². The molecule has 0 fully saturated rings. The SMILES string of the molecule is Cc1[nH]c2ccc(F)cc2c1CCN(Cc1ccccn1)C(=S)Nc1cccc(Cl)c1. The summed E-state index contributed by atoms with van der Waals surface area (Å²) >= 11 is 11.8. The number of halogens is 2. The fourth-order valence-corrected chi connectivity index (χ4v) is 4.10.